The summed E-state index contributed by atoms with van der Waals surface area (Å²) < 4.78 is 12.2. The summed E-state index contributed by atoms with van der Waals surface area (Å²) in [6.45, 7) is 3.98. The van der Waals surface area contributed by atoms with Crippen LogP contribution in [0.5, 0.6) is 0 Å². The van der Waals surface area contributed by atoms with E-state index in [1.165, 1.54) is 0 Å². The highest BCUT2D eigenvalue weighted by atomic mass is 16.5. The number of rotatable bonds is 4. The fourth-order valence-corrected chi connectivity index (χ4v) is 2.51. The molecule has 1 saturated carbocycles. The predicted molar refractivity (Wildman–Crippen MR) is 64.4 cm³/mol. The second kappa shape index (κ2) is 5.48. The largest absolute Gasteiger partial charge is 0.460 e. The van der Waals surface area contributed by atoms with Crippen LogP contribution in [0.3, 0.4) is 0 Å². The third-order valence-corrected chi connectivity index (χ3v) is 3.38. The van der Waals surface area contributed by atoms with E-state index in [2.05, 4.69) is 10.2 Å². The van der Waals surface area contributed by atoms with E-state index in [1.54, 1.807) is 14.0 Å². The van der Waals surface area contributed by atoms with Crippen LogP contribution in [0.2, 0.25) is 0 Å². The highest BCUT2D eigenvalue weighted by Crippen LogP contribution is 2.33. The van der Waals surface area contributed by atoms with Crippen LogP contribution in [0.15, 0.2) is 0 Å². The lowest BCUT2D eigenvalue weighted by Crippen LogP contribution is -2.18. The molecule has 1 aliphatic carbocycles. The Bertz CT molecular complexity index is 430. The summed E-state index contributed by atoms with van der Waals surface area (Å²) in [6, 6.07) is 0.226. The lowest BCUT2D eigenvalue weighted by molar-refractivity contribution is 0.0501. The summed E-state index contributed by atoms with van der Waals surface area (Å²) in [5.41, 5.74) is 0. The van der Waals surface area contributed by atoms with Gasteiger partial charge in [-0.05, 0) is 33.1 Å². The maximum atomic E-state index is 11.8. The van der Waals surface area contributed by atoms with Crippen LogP contribution in [0.4, 0.5) is 0 Å². The average Bonchev–Trinajstić information content (AvgIpc) is 2.95. The highest BCUT2D eigenvalue weighted by Gasteiger charge is 2.31. The fourth-order valence-electron chi connectivity index (χ4n) is 2.51. The number of methoxy groups -OCH3 is 1. The van der Waals surface area contributed by atoms with Crippen LogP contribution in [-0.2, 0) is 9.47 Å². The Balaban J connectivity index is 2.22. The van der Waals surface area contributed by atoms with Crippen molar-refractivity contribution in [2.75, 3.05) is 13.7 Å². The first kappa shape index (κ1) is 13.0. The van der Waals surface area contributed by atoms with E-state index in [0.29, 0.717) is 12.4 Å². The van der Waals surface area contributed by atoms with Gasteiger partial charge in [0.25, 0.3) is 0 Å². The topological polar surface area (TPSA) is 66.2 Å². The zero-order chi connectivity index (χ0) is 13.1. The van der Waals surface area contributed by atoms with Gasteiger partial charge in [-0.25, -0.2) is 4.79 Å². The van der Waals surface area contributed by atoms with Crippen molar-refractivity contribution in [3.63, 3.8) is 0 Å². The van der Waals surface area contributed by atoms with E-state index in [4.69, 9.17) is 9.47 Å². The van der Waals surface area contributed by atoms with Crippen molar-refractivity contribution in [1.29, 1.82) is 0 Å². The molecule has 1 aliphatic rings. The van der Waals surface area contributed by atoms with E-state index < -0.39 is 5.97 Å². The Morgan fingerprint density at radius 3 is 2.83 bits per heavy atom. The molecular formula is C12H19N3O3. The monoisotopic (exact) mass is 253 g/mol. The Labute approximate surface area is 106 Å². The van der Waals surface area contributed by atoms with Crippen LogP contribution in [0.1, 0.15) is 48.7 Å². The van der Waals surface area contributed by atoms with Crippen LogP contribution >= 0.6 is 0 Å². The number of aromatic nitrogens is 3. The number of hydrogen-bond donors (Lipinski definition) is 0. The number of esters is 1. The van der Waals surface area contributed by atoms with Crippen molar-refractivity contribution < 1.29 is 14.3 Å². The normalized spacial score (nSPS) is 23.3. The summed E-state index contributed by atoms with van der Waals surface area (Å²) in [6.07, 6.45) is 3.12. The molecular weight excluding hydrogens is 234 g/mol. The molecule has 1 aromatic rings. The number of ether oxygens (including phenoxy) is 2. The van der Waals surface area contributed by atoms with Gasteiger partial charge < -0.3 is 14.0 Å². The number of nitrogens with zero attached hydrogens (tertiary/aromatic N) is 3. The second-order valence-corrected chi connectivity index (χ2v) is 4.49. The third kappa shape index (κ3) is 2.38. The molecule has 0 amide bonds. The quantitative estimate of drug-likeness (QED) is 0.761. The molecule has 0 aliphatic heterocycles. The minimum absolute atomic E-state index is 0.226. The number of carbonyl (C=O) groups is 1. The molecule has 2 rings (SSSR count). The molecule has 100 valence electrons. The van der Waals surface area contributed by atoms with Crippen LogP contribution in [-0.4, -0.2) is 40.6 Å². The van der Waals surface area contributed by atoms with Gasteiger partial charge in [-0.1, -0.05) is 0 Å². The lowest BCUT2D eigenvalue weighted by Gasteiger charge is -2.15. The predicted octanol–water partition coefficient (Wildman–Crippen LogP) is 1.50. The smallest absolute Gasteiger partial charge is 0.376 e. The van der Waals surface area contributed by atoms with Gasteiger partial charge in [-0.2, -0.15) is 0 Å². The molecule has 6 heteroatoms. The Hall–Kier alpha value is -1.43. The molecule has 1 heterocycles. The number of hydrogen-bond acceptors (Lipinski definition) is 5. The second-order valence-electron chi connectivity index (χ2n) is 4.49. The van der Waals surface area contributed by atoms with Crippen LogP contribution in [0.25, 0.3) is 0 Å². The van der Waals surface area contributed by atoms with E-state index in [1.807, 2.05) is 11.5 Å². The van der Waals surface area contributed by atoms with E-state index >= 15 is 0 Å². The number of carbonyl (C=O) groups excluding carboxylic acids is 1. The molecule has 0 saturated heterocycles. The maximum absolute atomic E-state index is 11.8. The number of aryl methyl sites for hydroxylation is 1. The third-order valence-electron chi connectivity index (χ3n) is 3.38. The minimum atomic E-state index is -0.404. The summed E-state index contributed by atoms with van der Waals surface area (Å²) >= 11 is 0. The van der Waals surface area contributed by atoms with Gasteiger partial charge in [0.15, 0.2) is 0 Å². The summed E-state index contributed by atoms with van der Waals surface area (Å²) in [7, 11) is 1.72. The Kier molecular flexibility index (Phi) is 3.96. The van der Waals surface area contributed by atoms with Gasteiger partial charge >= 0.3 is 5.97 Å². The zero-order valence-corrected chi connectivity index (χ0v) is 11.0. The SMILES string of the molecule is CCOC(=O)c1nnc(C)n1C1CCC(OC)C1. The van der Waals surface area contributed by atoms with Crippen LogP contribution < -0.4 is 0 Å². The molecule has 6 nitrogen and oxygen atoms in total. The standard InChI is InChI=1S/C12H19N3O3/c1-4-18-12(16)11-14-13-8(2)15(11)9-5-6-10(7-9)17-3/h9-10H,4-7H2,1-3H3. The first-order valence-electron chi connectivity index (χ1n) is 6.28. The average molecular weight is 253 g/mol. The fraction of sp³-hybridized carbons (Fsp3) is 0.750. The maximum Gasteiger partial charge on any atom is 0.376 e. The molecule has 1 fully saturated rings. The molecule has 0 N–H and O–H groups in total. The lowest BCUT2D eigenvalue weighted by atomic mass is 10.2. The molecule has 2 unspecified atom stereocenters. The van der Waals surface area contributed by atoms with Crippen LogP contribution in [0, 0.1) is 6.92 Å². The summed E-state index contributed by atoms with van der Waals surface area (Å²) in [5.74, 6) is 0.648. The van der Waals surface area contributed by atoms with Crippen molar-refractivity contribution in [3.8, 4) is 0 Å². The van der Waals surface area contributed by atoms with Gasteiger partial charge in [-0.15, -0.1) is 10.2 Å². The molecule has 0 spiro atoms. The van der Waals surface area contributed by atoms with E-state index in [9.17, 15) is 4.79 Å². The molecule has 2 atom stereocenters. The van der Waals surface area contributed by atoms with Gasteiger partial charge in [-0.3, -0.25) is 0 Å². The first-order valence-corrected chi connectivity index (χ1v) is 6.28. The molecule has 0 aromatic carbocycles. The molecule has 0 bridgehead atoms. The van der Waals surface area contributed by atoms with E-state index in [-0.39, 0.29) is 12.1 Å². The van der Waals surface area contributed by atoms with Crippen molar-refractivity contribution in [2.24, 2.45) is 0 Å². The van der Waals surface area contributed by atoms with Crippen molar-refractivity contribution in [1.82, 2.24) is 14.8 Å². The van der Waals surface area contributed by atoms with Crippen molar-refractivity contribution >= 4 is 5.97 Å². The first-order chi connectivity index (χ1) is 8.67. The Morgan fingerprint density at radius 2 is 2.22 bits per heavy atom. The summed E-state index contributed by atoms with van der Waals surface area (Å²) in [4.78, 5) is 11.8. The molecule has 1 aromatic heterocycles. The van der Waals surface area contributed by atoms with Crippen molar-refractivity contribution in [3.05, 3.63) is 11.6 Å². The van der Waals surface area contributed by atoms with Gasteiger partial charge in [0.2, 0.25) is 5.82 Å². The summed E-state index contributed by atoms with van der Waals surface area (Å²) in [5, 5.41) is 7.91. The Morgan fingerprint density at radius 1 is 1.44 bits per heavy atom. The van der Waals surface area contributed by atoms with Crippen molar-refractivity contribution in [2.45, 2.75) is 45.3 Å². The minimum Gasteiger partial charge on any atom is -0.460 e. The van der Waals surface area contributed by atoms with Gasteiger partial charge in [0.05, 0.1) is 12.7 Å². The highest BCUT2D eigenvalue weighted by molar-refractivity contribution is 5.85. The molecule has 0 radical (unpaired) electrons. The van der Waals surface area contributed by atoms with E-state index in [0.717, 1.165) is 25.1 Å². The zero-order valence-electron chi connectivity index (χ0n) is 11.0. The molecule has 18 heavy (non-hydrogen) atoms. The van der Waals surface area contributed by atoms with Gasteiger partial charge in [0.1, 0.15) is 5.82 Å². The van der Waals surface area contributed by atoms with Gasteiger partial charge in [0, 0.05) is 13.2 Å².